The molecule has 2 N–H and O–H groups in total. The molecule has 0 radical (unpaired) electrons. The third kappa shape index (κ3) is 5.07. The number of pyridine rings is 1. The lowest BCUT2D eigenvalue weighted by Gasteiger charge is -2.33. The summed E-state index contributed by atoms with van der Waals surface area (Å²) in [7, 11) is 1.79. The first kappa shape index (κ1) is 20.2. The quantitative estimate of drug-likeness (QED) is 0.463. The number of rotatable bonds is 7. The maximum Gasteiger partial charge on any atom is 0.191 e. The van der Waals surface area contributed by atoms with Gasteiger partial charge in [0, 0.05) is 38.7 Å². The van der Waals surface area contributed by atoms with Crippen LogP contribution in [0.15, 0.2) is 64.6 Å². The van der Waals surface area contributed by atoms with Crippen LogP contribution in [0.1, 0.15) is 36.6 Å². The molecule has 3 aromatic rings. The van der Waals surface area contributed by atoms with Crippen LogP contribution in [0.2, 0.25) is 0 Å². The van der Waals surface area contributed by atoms with Crippen LogP contribution in [0, 0.1) is 0 Å². The average molecular weight is 408 g/mol. The highest BCUT2D eigenvalue weighted by molar-refractivity contribution is 5.79. The molecule has 3 aromatic heterocycles. The maximum atomic E-state index is 5.74. The molecule has 0 aromatic carbocycles. The lowest BCUT2D eigenvalue weighted by atomic mass is 10.1. The Hall–Kier alpha value is -3.13. The van der Waals surface area contributed by atoms with Crippen molar-refractivity contribution >= 4 is 5.96 Å². The highest BCUT2D eigenvalue weighted by atomic mass is 16.3. The zero-order chi connectivity index (χ0) is 20.6. The Morgan fingerprint density at radius 1 is 1.17 bits per heavy atom. The minimum Gasteiger partial charge on any atom is -0.468 e. The highest BCUT2D eigenvalue weighted by Gasteiger charge is 2.24. The van der Waals surface area contributed by atoms with E-state index in [9.17, 15) is 0 Å². The minimum atomic E-state index is 0.200. The molecule has 1 aliphatic heterocycles. The van der Waals surface area contributed by atoms with Gasteiger partial charge in [-0.15, -0.1) is 0 Å². The van der Waals surface area contributed by atoms with Crippen molar-refractivity contribution in [1.82, 2.24) is 30.3 Å². The van der Waals surface area contributed by atoms with Crippen molar-refractivity contribution in [3.05, 3.63) is 66.5 Å². The smallest absolute Gasteiger partial charge is 0.191 e. The molecule has 4 rings (SSSR count). The number of aromatic nitrogens is 3. The number of likely N-dealkylation sites (tertiary alicyclic amines) is 1. The number of furan rings is 1. The summed E-state index contributed by atoms with van der Waals surface area (Å²) in [5.41, 5.74) is 1.11. The largest absolute Gasteiger partial charge is 0.468 e. The number of hydrogen-bond donors (Lipinski definition) is 2. The van der Waals surface area contributed by atoms with Crippen molar-refractivity contribution in [2.45, 2.75) is 31.8 Å². The fourth-order valence-electron chi connectivity index (χ4n) is 3.82. The van der Waals surface area contributed by atoms with E-state index in [4.69, 9.17) is 4.42 Å². The molecular weight excluding hydrogens is 378 g/mol. The maximum absolute atomic E-state index is 5.74. The molecule has 0 saturated carbocycles. The lowest BCUT2D eigenvalue weighted by molar-refractivity contribution is 0.146. The molecule has 1 unspecified atom stereocenters. The van der Waals surface area contributed by atoms with Crippen molar-refractivity contribution in [3.63, 3.8) is 0 Å². The van der Waals surface area contributed by atoms with Gasteiger partial charge in [-0.1, -0.05) is 6.42 Å². The number of hydrogen-bond acceptors (Lipinski definition) is 5. The molecule has 30 heavy (non-hydrogen) atoms. The van der Waals surface area contributed by atoms with Gasteiger partial charge in [0.25, 0.3) is 0 Å². The van der Waals surface area contributed by atoms with Crippen LogP contribution in [0.5, 0.6) is 0 Å². The van der Waals surface area contributed by atoms with Crippen molar-refractivity contribution in [2.24, 2.45) is 4.99 Å². The van der Waals surface area contributed by atoms with Crippen LogP contribution in [0.3, 0.4) is 0 Å². The Morgan fingerprint density at radius 3 is 2.80 bits per heavy atom. The Balaban J connectivity index is 1.35. The van der Waals surface area contributed by atoms with Gasteiger partial charge in [0.05, 0.1) is 12.3 Å². The van der Waals surface area contributed by atoms with E-state index in [1.165, 1.54) is 19.3 Å². The van der Waals surface area contributed by atoms with Crippen LogP contribution in [0.4, 0.5) is 0 Å². The van der Waals surface area contributed by atoms with Crippen molar-refractivity contribution in [3.8, 4) is 5.82 Å². The second-order valence-corrected chi connectivity index (χ2v) is 7.41. The van der Waals surface area contributed by atoms with Gasteiger partial charge in [-0.25, -0.2) is 9.67 Å². The van der Waals surface area contributed by atoms with E-state index in [0.717, 1.165) is 42.7 Å². The van der Waals surface area contributed by atoms with Gasteiger partial charge in [-0.2, -0.15) is 5.10 Å². The molecule has 1 fully saturated rings. The fraction of sp³-hybridized carbons (Fsp3) is 0.409. The predicted octanol–water partition coefficient (Wildman–Crippen LogP) is 2.75. The molecular formula is C22H29N7O. The SMILES string of the molecule is CN=C(NCc1ccnc(-n2cccn2)c1)NCC(c1ccco1)N1CCCCC1. The summed E-state index contributed by atoms with van der Waals surface area (Å²) in [6.45, 7) is 3.59. The van der Waals surface area contributed by atoms with E-state index in [-0.39, 0.29) is 6.04 Å². The van der Waals surface area contributed by atoms with Gasteiger partial charge in [-0.05, 0) is 61.8 Å². The summed E-state index contributed by atoms with van der Waals surface area (Å²) < 4.78 is 7.49. The Labute approximate surface area is 177 Å². The van der Waals surface area contributed by atoms with E-state index < -0.39 is 0 Å². The minimum absolute atomic E-state index is 0.200. The number of piperidine rings is 1. The predicted molar refractivity (Wildman–Crippen MR) is 116 cm³/mol. The molecule has 0 spiro atoms. The molecule has 8 nitrogen and oxygen atoms in total. The van der Waals surface area contributed by atoms with E-state index in [1.807, 2.05) is 30.5 Å². The van der Waals surface area contributed by atoms with Gasteiger partial charge in [0.15, 0.2) is 11.8 Å². The van der Waals surface area contributed by atoms with E-state index >= 15 is 0 Å². The molecule has 0 amide bonds. The zero-order valence-electron chi connectivity index (χ0n) is 17.4. The van der Waals surface area contributed by atoms with E-state index in [2.05, 4.69) is 36.7 Å². The summed E-state index contributed by atoms with van der Waals surface area (Å²) in [5, 5.41) is 11.1. The summed E-state index contributed by atoms with van der Waals surface area (Å²) in [6, 6.07) is 10.1. The highest BCUT2D eigenvalue weighted by Crippen LogP contribution is 2.24. The first-order valence-electron chi connectivity index (χ1n) is 10.5. The van der Waals surface area contributed by atoms with Crippen molar-refractivity contribution in [2.75, 3.05) is 26.7 Å². The Morgan fingerprint density at radius 2 is 2.07 bits per heavy atom. The van der Waals surface area contributed by atoms with Crippen molar-refractivity contribution in [1.29, 1.82) is 0 Å². The number of aliphatic imine (C=N–C) groups is 1. The normalized spacial score (nSPS) is 16.4. The monoisotopic (exact) mass is 407 g/mol. The third-order valence-electron chi connectivity index (χ3n) is 5.40. The molecule has 1 saturated heterocycles. The van der Waals surface area contributed by atoms with Crippen molar-refractivity contribution < 1.29 is 4.42 Å². The molecule has 0 bridgehead atoms. The first-order valence-corrected chi connectivity index (χ1v) is 10.5. The standard InChI is InChI=1S/C22H29N7O/c1-23-22(25-16-18-8-10-24-21(15-18)29-13-6-9-27-29)26-17-19(20-7-5-14-30-20)28-11-3-2-4-12-28/h5-10,13-15,19H,2-4,11-12,16-17H2,1H3,(H2,23,25,26). The van der Waals surface area contributed by atoms with Crippen LogP contribution in [-0.2, 0) is 6.54 Å². The average Bonchev–Trinajstić information content (AvgIpc) is 3.52. The molecule has 1 atom stereocenters. The van der Waals surface area contributed by atoms with Gasteiger partial charge in [-0.3, -0.25) is 9.89 Å². The second kappa shape index (κ2) is 10.1. The van der Waals surface area contributed by atoms with Gasteiger partial charge in [0.2, 0.25) is 0 Å². The summed E-state index contributed by atoms with van der Waals surface area (Å²) in [4.78, 5) is 11.3. The van der Waals surface area contributed by atoms with E-state index in [1.54, 1.807) is 30.4 Å². The summed E-state index contributed by atoms with van der Waals surface area (Å²) in [5.74, 6) is 2.56. The molecule has 8 heteroatoms. The molecule has 1 aliphatic rings. The van der Waals surface area contributed by atoms with Crippen LogP contribution < -0.4 is 10.6 Å². The van der Waals surface area contributed by atoms with Crippen LogP contribution in [0.25, 0.3) is 5.82 Å². The van der Waals surface area contributed by atoms with E-state index in [0.29, 0.717) is 6.54 Å². The Kier molecular flexibility index (Phi) is 6.76. The fourth-order valence-corrected chi connectivity index (χ4v) is 3.82. The molecule has 158 valence electrons. The zero-order valence-corrected chi connectivity index (χ0v) is 17.4. The number of nitrogens with one attached hydrogen (secondary N) is 2. The van der Waals surface area contributed by atoms with Crippen LogP contribution >= 0.6 is 0 Å². The molecule has 4 heterocycles. The molecule has 0 aliphatic carbocycles. The van der Waals surface area contributed by atoms with Crippen LogP contribution in [-0.4, -0.2) is 52.3 Å². The summed E-state index contributed by atoms with van der Waals surface area (Å²) in [6.07, 6.45) is 11.0. The Bertz CT molecular complexity index is 915. The van der Waals surface area contributed by atoms with Gasteiger partial charge >= 0.3 is 0 Å². The summed E-state index contributed by atoms with van der Waals surface area (Å²) >= 11 is 0. The number of nitrogens with zero attached hydrogens (tertiary/aromatic N) is 5. The van der Waals surface area contributed by atoms with Gasteiger partial charge < -0.3 is 15.1 Å². The third-order valence-corrected chi connectivity index (χ3v) is 5.40. The number of guanidine groups is 1. The lowest BCUT2D eigenvalue weighted by Crippen LogP contribution is -2.44. The second-order valence-electron chi connectivity index (χ2n) is 7.41. The van der Waals surface area contributed by atoms with Gasteiger partial charge in [0.1, 0.15) is 5.76 Å². The first-order chi connectivity index (χ1) is 14.8. The topological polar surface area (TPSA) is 83.5 Å².